The van der Waals surface area contributed by atoms with Crippen molar-refractivity contribution >= 4 is 16.8 Å². The molecular weight excluding hydrogens is 255 g/mol. The summed E-state index contributed by atoms with van der Waals surface area (Å²) in [5.41, 5.74) is 0.420. The van der Waals surface area contributed by atoms with E-state index < -0.39 is 16.8 Å². The number of benzene rings is 1. The molecule has 1 aliphatic rings. The van der Waals surface area contributed by atoms with Crippen LogP contribution in [-0.4, -0.2) is 21.0 Å². The Morgan fingerprint density at radius 1 is 1.44 bits per heavy atom. The third-order valence-electron chi connectivity index (χ3n) is 3.17. The SMILES string of the molecule is O=C(O)CC1(CS(=O)Cc2cccc(F)c2)CC1. The van der Waals surface area contributed by atoms with Crippen LogP contribution in [0.2, 0.25) is 0 Å². The van der Waals surface area contributed by atoms with E-state index in [0.29, 0.717) is 17.1 Å². The van der Waals surface area contributed by atoms with Gasteiger partial charge in [-0.05, 0) is 36.0 Å². The summed E-state index contributed by atoms with van der Waals surface area (Å²) in [6.45, 7) is 0. The molecule has 0 aromatic heterocycles. The molecule has 1 aliphatic carbocycles. The fraction of sp³-hybridized carbons (Fsp3) is 0.462. The Morgan fingerprint density at radius 3 is 2.72 bits per heavy atom. The first-order valence-corrected chi connectivity index (χ1v) is 7.29. The highest BCUT2D eigenvalue weighted by atomic mass is 32.2. The summed E-state index contributed by atoms with van der Waals surface area (Å²) in [5.74, 6) is -0.485. The first-order chi connectivity index (χ1) is 8.49. The van der Waals surface area contributed by atoms with Crippen LogP contribution in [0.4, 0.5) is 4.39 Å². The molecule has 0 radical (unpaired) electrons. The number of carboxylic acids is 1. The second-order valence-corrected chi connectivity index (χ2v) is 6.39. The number of hydrogen-bond donors (Lipinski definition) is 1. The normalized spacial score (nSPS) is 18.3. The van der Waals surface area contributed by atoms with Gasteiger partial charge in [-0.3, -0.25) is 9.00 Å². The van der Waals surface area contributed by atoms with Crippen LogP contribution in [0, 0.1) is 11.2 Å². The van der Waals surface area contributed by atoms with Crippen LogP contribution in [0.15, 0.2) is 24.3 Å². The summed E-state index contributed by atoms with van der Waals surface area (Å²) in [6, 6.07) is 6.04. The summed E-state index contributed by atoms with van der Waals surface area (Å²) in [5, 5.41) is 8.78. The van der Waals surface area contributed by atoms with Crippen molar-refractivity contribution in [3.8, 4) is 0 Å². The Labute approximate surface area is 107 Å². The molecule has 1 atom stereocenters. The predicted molar refractivity (Wildman–Crippen MR) is 67.0 cm³/mol. The summed E-state index contributed by atoms with van der Waals surface area (Å²) in [6.07, 6.45) is 1.74. The zero-order valence-corrected chi connectivity index (χ0v) is 10.7. The molecule has 1 unspecified atom stereocenters. The van der Waals surface area contributed by atoms with Crippen molar-refractivity contribution in [1.29, 1.82) is 0 Å². The Bertz CT molecular complexity index is 483. The molecule has 0 aliphatic heterocycles. The molecule has 0 heterocycles. The monoisotopic (exact) mass is 270 g/mol. The van der Waals surface area contributed by atoms with Crippen LogP contribution < -0.4 is 0 Å². The minimum Gasteiger partial charge on any atom is -0.481 e. The molecular formula is C13H15FO3S. The maximum absolute atomic E-state index is 13.0. The van der Waals surface area contributed by atoms with Gasteiger partial charge in [0.15, 0.2) is 0 Å². The third-order valence-corrected chi connectivity index (χ3v) is 4.76. The predicted octanol–water partition coefficient (Wildman–Crippen LogP) is 2.33. The maximum Gasteiger partial charge on any atom is 0.303 e. The molecule has 1 fully saturated rings. The lowest BCUT2D eigenvalue weighted by Crippen LogP contribution is -2.17. The lowest BCUT2D eigenvalue weighted by atomic mass is 10.1. The highest BCUT2D eigenvalue weighted by Gasteiger charge is 2.45. The van der Waals surface area contributed by atoms with Crippen LogP contribution in [0.5, 0.6) is 0 Å². The van der Waals surface area contributed by atoms with Crippen molar-refractivity contribution in [2.24, 2.45) is 5.41 Å². The summed E-state index contributed by atoms with van der Waals surface area (Å²) >= 11 is 0. The van der Waals surface area contributed by atoms with Crippen LogP contribution in [0.25, 0.3) is 0 Å². The largest absolute Gasteiger partial charge is 0.481 e. The minimum atomic E-state index is -1.13. The van der Waals surface area contributed by atoms with Gasteiger partial charge in [-0.2, -0.15) is 0 Å². The van der Waals surface area contributed by atoms with E-state index >= 15 is 0 Å². The molecule has 18 heavy (non-hydrogen) atoms. The average Bonchev–Trinajstić information content (AvgIpc) is 2.95. The van der Waals surface area contributed by atoms with Gasteiger partial charge in [0.25, 0.3) is 0 Å². The smallest absolute Gasteiger partial charge is 0.303 e. The molecule has 1 aromatic rings. The quantitative estimate of drug-likeness (QED) is 0.863. The molecule has 5 heteroatoms. The van der Waals surface area contributed by atoms with Gasteiger partial charge in [-0.1, -0.05) is 12.1 Å². The number of carbonyl (C=O) groups is 1. The van der Waals surface area contributed by atoms with Gasteiger partial charge in [-0.25, -0.2) is 4.39 Å². The number of rotatable bonds is 6. The van der Waals surface area contributed by atoms with E-state index in [-0.39, 0.29) is 17.7 Å². The summed E-state index contributed by atoms with van der Waals surface area (Å²) in [7, 11) is -1.13. The summed E-state index contributed by atoms with van der Waals surface area (Å²) < 4.78 is 24.9. The second-order valence-electron chi connectivity index (χ2n) is 4.93. The number of carboxylic acid groups (broad SMARTS) is 1. The lowest BCUT2D eigenvalue weighted by molar-refractivity contribution is -0.138. The van der Waals surface area contributed by atoms with Crippen LogP contribution in [0.1, 0.15) is 24.8 Å². The van der Waals surface area contributed by atoms with E-state index in [2.05, 4.69) is 0 Å². The Hall–Kier alpha value is -1.23. The molecule has 3 nitrogen and oxygen atoms in total. The fourth-order valence-electron chi connectivity index (χ4n) is 2.07. The molecule has 0 bridgehead atoms. The van der Waals surface area contributed by atoms with Crippen molar-refractivity contribution in [3.63, 3.8) is 0 Å². The van der Waals surface area contributed by atoms with Crippen molar-refractivity contribution in [2.45, 2.75) is 25.0 Å². The highest BCUT2D eigenvalue weighted by Crippen LogP contribution is 2.49. The molecule has 2 rings (SSSR count). The Morgan fingerprint density at radius 2 is 2.17 bits per heavy atom. The molecule has 98 valence electrons. The average molecular weight is 270 g/mol. The van der Waals surface area contributed by atoms with Gasteiger partial charge in [-0.15, -0.1) is 0 Å². The Kier molecular flexibility index (Phi) is 3.80. The van der Waals surface area contributed by atoms with Crippen molar-refractivity contribution in [2.75, 3.05) is 5.75 Å². The second kappa shape index (κ2) is 5.18. The number of aliphatic carboxylic acids is 1. The van der Waals surface area contributed by atoms with Gasteiger partial charge < -0.3 is 5.11 Å². The van der Waals surface area contributed by atoms with E-state index in [0.717, 1.165) is 12.8 Å². The van der Waals surface area contributed by atoms with Gasteiger partial charge >= 0.3 is 5.97 Å². The molecule has 1 aromatic carbocycles. The maximum atomic E-state index is 13.0. The molecule has 0 amide bonds. The molecule has 1 saturated carbocycles. The van der Waals surface area contributed by atoms with Gasteiger partial charge in [0.05, 0.1) is 6.42 Å². The highest BCUT2D eigenvalue weighted by molar-refractivity contribution is 7.84. The van der Waals surface area contributed by atoms with E-state index in [1.165, 1.54) is 12.1 Å². The Balaban J connectivity index is 1.91. The van der Waals surface area contributed by atoms with Crippen LogP contribution in [0.3, 0.4) is 0 Å². The van der Waals surface area contributed by atoms with E-state index in [9.17, 15) is 13.4 Å². The van der Waals surface area contributed by atoms with Crippen molar-refractivity contribution in [3.05, 3.63) is 35.6 Å². The number of hydrogen-bond acceptors (Lipinski definition) is 2. The minimum absolute atomic E-state index is 0.0852. The first-order valence-electron chi connectivity index (χ1n) is 5.80. The standard InChI is InChI=1S/C13H15FO3S/c14-11-3-1-2-10(6-11)8-18(17)9-13(4-5-13)7-12(15)16/h1-3,6H,4-5,7-9H2,(H,15,16). The molecule has 0 spiro atoms. The van der Waals surface area contributed by atoms with Gasteiger partial charge in [0.1, 0.15) is 5.82 Å². The fourth-order valence-corrected chi connectivity index (χ4v) is 3.80. The van der Waals surface area contributed by atoms with Crippen molar-refractivity contribution in [1.82, 2.24) is 0 Å². The van der Waals surface area contributed by atoms with Crippen LogP contribution in [-0.2, 0) is 21.3 Å². The van der Waals surface area contributed by atoms with Gasteiger partial charge in [0.2, 0.25) is 0 Å². The summed E-state index contributed by atoms with van der Waals surface area (Å²) in [4.78, 5) is 10.7. The first kappa shape index (κ1) is 13.2. The van der Waals surface area contributed by atoms with Crippen molar-refractivity contribution < 1.29 is 18.5 Å². The zero-order valence-electron chi connectivity index (χ0n) is 9.89. The van der Waals surface area contributed by atoms with E-state index in [4.69, 9.17) is 5.11 Å². The molecule has 0 saturated heterocycles. The van der Waals surface area contributed by atoms with Crippen LogP contribution >= 0.6 is 0 Å². The molecule has 1 N–H and O–H groups in total. The number of halogens is 1. The zero-order chi connectivity index (χ0) is 13.2. The van der Waals surface area contributed by atoms with Gasteiger partial charge in [0, 0.05) is 22.3 Å². The topological polar surface area (TPSA) is 54.4 Å². The lowest BCUT2D eigenvalue weighted by Gasteiger charge is -2.11. The van der Waals surface area contributed by atoms with E-state index in [1.54, 1.807) is 12.1 Å². The third kappa shape index (κ3) is 3.63. The van der Waals surface area contributed by atoms with E-state index in [1.807, 2.05) is 0 Å².